The van der Waals surface area contributed by atoms with Crippen molar-refractivity contribution in [3.63, 3.8) is 0 Å². The Balaban J connectivity index is -0.0000000914. The molecule has 0 heterocycles. The smallest absolute Gasteiger partial charge is 1.00 e. The monoisotopic (exact) mass is 582 g/mol. The van der Waals surface area contributed by atoms with Crippen LogP contribution < -0.4 is 0 Å². The molecule has 0 bridgehead atoms. The van der Waals surface area contributed by atoms with Crippen LogP contribution >= 0.6 is 40.2 Å². The molecule has 0 aliphatic rings. The van der Waals surface area contributed by atoms with Crippen LogP contribution in [-0.4, -0.2) is 27.1 Å². The van der Waals surface area contributed by atoms with E-state index in [1.54, 1.807) is 0 Å². The zero-order valence-corrected chi connectivity index (χ0v) is 23.0. The molecule has 0 aliphatic carbocycles. The van der Waals surface area contributed by atoms with Gasteiger partial charge in [0.1, 0.15) is 0 Å². The molecule has 0 spiro atoms. The van der Waals surface area contributed by atoms with Crippen LogP contribution in [0.3, 0.4) is 0 Å². The van der Waals surface area contributed by atoms with Crippen LogP contribution in [-0.2, 0) is 31.5 Å². The second-order valence-electron chi connectivity index (χ2n) is 6.21. The van der Waals surface area contributed by atoms with Gasteiger partial charge in [-0.25, -0.2) is 0 Å². The molecule has 0 aromatic carbocycles. The van der Waals surface area contributed by atoms with E-state index in [-0.39, 0.29) is 35.1 Å². The molecule has 0 atom stereocenters. The molecule has 0 saturated heterocycles. The predicted molar refractivity (Wildman–Crippen MR) is 122 cm³/mol. The van der Waals surface area contributed by atoms with Gasteiger partial charge in [0.25, 0.3) is 0 Å². The van der Waals surface area contributed by atoms with Gasteiger partial charge in [0.15, 0.2) is 0 Å². The molecule has 0 aromatic heterocycles. The molecule has 0 aliphatic heterocycles. The predicted octanol–water partition coefficient (Wildman–Crippen LogP) is 8.50. The zero-order valence-electron chi connectivity index (χ0n) is 19.4. The summed E-state index contributed by atoms with van der Waals surface area (Å²) in [4.78, 5) is 10.3. The Morgan fingerprint density at radius 2 is 0.862 bits per heavy atom. The number of halogens is 4. The Morgan fingerprint density at radius 1 is 0.655 bits per heavy atom. The normalized spacial score (nSPS) is 8.93. The number of hydrogen-bond donors (Lipinski definition) is 3. The first-order chi connectivity index (χ1) is 13.6. The van der Waals surface area contributed by atoms with Crippen LogP contribution in [0.25, 0.3) is 0 Å². The maximum atomic E-state index is 10.3. The van der Waals surface area contributed by atoms with Gasteiger partial charge in [-0.2, -0.15) is 0 Å². The summed E-state index contributed by atoms with van der Waals surface area (Å²) in [5, 5.41) is 20.5. The van der Waals surface area contributed by atoms with E-state index in [0.717, 1.165) is 12.8 Å². The minimum Gasteiger partial charge on any atom is 1.00 e. The van der Waals surface area contributed by atoms with Crippen LogP contribution in [0.4, 0.5) is 0 Å². The molecule has 0 rings (SSSR count). The van der Waals surface area contributed by atoms with Crippen LogP contribution in [0.2, 0.25) is 0 Å². The van der Waals surface area contributed by atoms with E-state index in [1.807, 2.05) is 0 Å². The molecule has 5 nitrogen and oxygen atoms in total. The minimum atomic E-state index is -0.653. The van der Waals surface area contributed by atoms with Crippen LogP contribution in [0.5, 0.6) is 0 Å². The van der Waals surface area contributed by atoms with Gasteiger partial charge < -0.3 is 10.6 Å². The molecule has 182 valence electrons. The number of carboxylic acids is 1. The van der Waals surface area contributed by atoms with Crippen molar-refractivity contribution in [1.29, 1.82) is 0 Å². The summed E-state index contributed by atoms with van der Waals surface area (Å²) in [6.07, 6.45) is 20.2. The van der Waals surface area contributed by atoms with E-state index in [9.17, 15) is 4.79 Å². The van der Waals surface area contributed by atoms with E-state index in [0.29, 0.717) is 6.42 Å². The van der Waals surface area contributed by atoms with E-state index >= 15 is 0 Å². The van der Waals surface area contributed by atoms with E-state index in [1.165, 1.54) is 83.5 Å². The summed E-state index contributed by atoms with van der Waals surface area (Å²) < 4.78 is 0. The van der Waals surface area contributed by atoms with Crippen molar-refractivity contribution in [3.05, 3.63) is 0 Å². The van der Waals surface area contributed by atoms with Gasteiger partial charge in [-0.15, -0.1) is 0 Å². The maximum absolute atomic E-state index is 10.3. The van der Waals surface area contributed by atoms with Gasteiger partial charge >= 0.3 is 75.8 Å². The Labute approximate surface area is 210 Å². The Hall–Kier alpha value is 1.57. The molecule has 0 saturated carbocycles. The summed E-state index contributed by atoms with van der Waals surface area (Å²) in [5.74, 6) is -0.653. The third-order valence-corrected chi connectivity index (χ3v) is 3.99. The van der Waals surface area contributed by atoms with Gasteiger partial charge in [0.05, 0.1) is 0 Å². The molecule has 5 N–H and O–H groups in total. The second-order valence-corrected chi connectivity index (χ2v) is 10.4. The molecule has 0 fully saturated rings. The first-order valence-corrected chi connectivity index (χ1v) is 16.8. The summed E-state index contributed by atoms with van der Waals surface area (Å²) in [7, 11) is 19.3. The SMILES string of the molecule is CCCCCCCCCCCCCCCCCC(=O)O.O.OO.[Cl][Cr][Cl].[Cl][Cr][Cl].[H+].[H+]. The Kier molecular flexibility index (Phi) is 66.8. The molecule has 0 aromatic rings. The number of unbranched alkanes of at least 4 members (excludes halogenated alkanes) is 14. The first-order valence-electron chi connectivity index (χ1n) is 9.81. The van der Waals surface area contributed by atoms with Crippen molar-refractivity contribution in [2.24, 2.45) is 0 Å². The molecule has 0 unspecified atom stereocenters. The summed E-state index contributed by atoms with van der Waals surface area (Å²) in [5.41, 5.74) is 0. The van der Waals surface area contributed by atoms with Crippen molar-refractivity contribution in [2.75, 3.05) is 0 Å². The maximum Gasteiger partial charge on any atom is 1.00 e. The minimum absolute atomic E-state index is 0. The third-order valence-electron chi connectivity index (χ3n) is 3.99. The average molecular weight is 584 g/mol. The van der Waals surface area contributed by atoms with Crippen LogP contribution in [0.1, 0.15) is 113 Å². The first kappa shape index (κ1) is 40.9. The summed E-state index contributed by atoms with van der Waals surface area (Å²) in [6, 6.07) is 0. The fourth-order valence-electron chi connectivity index (χ4n) is 2.65. The Morgan fingerprint density at radius 3 is 1.07 bits per heavy atom. The van der Waals surface area contributed by atoms with E-state index in [4.69, 9.17) is 55.8 Å². The van der Waals surface area contributed by atoms with Gasteiger partial charge in [-0.1, -0.05) is 96.8 Å². The van der Waals surface area contributed by atoms with Crippen molar-refractivity contribution in [3.8, 4) is 0 Å². The summed E-state index contributed by atoms with van der Waals surface area (Å²) >= 11 is -0.361. The van der Waals surface area contributed by atoms with Crippen molar-refractivity contribution < 1.29 is 55.5 Å². The van der Waals surface area contributed by atoms with Crippen LogP contribution in [0.15, 0.2) is 0 Å². The largest absolute Gasteiger partial charge is 1.00 e. The molecule has 11 heteroatoms. The number of carboxylic acid groups (broad SMARTS) is 1. The standard InChI is InChI=1S/C18H36O2.4ClH.2Cr.H2O2.H2O/c1-2-3-4-5-6-7-8-9-10-11-12-13-14-15-16-17-18(19)20;;;;;;;1-2;/h2-17H2,1H3,(H,19,20);4*1H;;;1-2H;1H2/q;;;;;2*+2;;/p-2. The topological polar surface area (TPSA) is 109 Å². The molecular weight excluding hydrogens is 542 g/mol. The van der Waals surface area contributed by atoms with Crippen molar-refractivity contribution in [1.82, 2.24) is 0 Å². The number of rotatable bonds is 16. The fourth-order valence-corrected chi connectivity index (χ4v) is 2.65. The van der Waals surface area contributed by atoms with Gasteiger partial charge in [-0.3, -0.25) is 15.3 Å². The molecule has 0 radical (unpaired) electrons. The van der Waals surface area contributed by atoms with Crippen LogP contribution in [0, 0.1) is 0 Å². The number of carbonyl (C=O) groups is 1. The fraction of sp³-hybridized carbons (Fsp3) is 0.944. The molecular formula is C18H42Cl4Cr2O5+2. The van der Waals surface area contributed by atoms with Crippen molar-refractivity contribution in [2.45, 2.75) is 110 Å². The second kappa shape index (κ2) is 47.4. The third kappa shape index (κ3) is 65.2. The van der Waals surface area contributed by atoms with Gasteiger partial charge in [-0.05, 0) is 6.42 Å². The zero-order chi connectivity index (χ0) is 22.3. The average Bonchev–Trinajstić information content (AvgIpc) is 2.67. The quantitative estimate of drug-likeness (QED) is 0.0960. The van der Waals surface area contributed by atoms with Crippen molar-refractivity contribution >= 4 is 46.2 Å². The summed E-state index contributed by atoms with van der Waals surface area (Å²) in [6.45, 7) is 2.27. The molecule has 29 heavy (non-hydrogen) atoms. The van der Waals surface area contributed by atoms with E-state index in [2.05, 4.69) is 6.92 Å². The van der Waals surface area contributed by atoms with Gasteiger partial charge in [0, 0.05) is 6.42 Å². The van der Waals surface area contributed by atoms with Gasteiger partial charge in [0.2, 0.25) is 0 Å². The molecule has 0 amide bonds. The Bertz CT molecular complexity index is 269. The van der Waals surface area contributed by atoms with E-state index < -0.39 is 5.97 Å². The number of hydrogen-bond acceptors (Lipinski definition) is 3. The number of aliphatic carboxylic acids is 1.